The monoisotopic (exact) mass is 486 g/mol. The summed E-state index contributed by atoms with van der Waals surface area (Å²) >= 11 is 0. The molecule has 0 radical (unpaired) electrons. The summed E-state index contributed by atoms with van der Waals surface area (Å²) in [6.07, 6.45) is -2.07. The Balaban J connectivity index is 1.87. The molecule has 0 bridgehead atoms. The highest BCUT2D eigenvalue weighted by molar-refractivity contribution is 7.89. The molecule has 0 amide bonds. The Morgan fingerprint density at radius 2 is 1.85 bits per heavy atom. The highest BCUT2D eigenvalue weighted by Crippen LogP contribution is 2.38. The largest absolute Gasteiger partial charge is 0.421 e. The fourth-order valence-corrected chi connectivity index (χ4v) is 4.46. The molecule has 0 aliphatic carbocycles. The number of aliphatic hydroxyl groups excluding tert-OH is 1. The van der Waals surface area contributed by atoms with E-state index in [1.54, 1.807) is 0 Å². The van der Waals surface area contributed by atoms with Crippen molar-refractivity contribution in [1.82, 2.24) is 19.3 Å². The van der Waals surface area contributed by atoms with Gasteiger partial charge >= 0.3 is 6.18 Å². The van der Waals surface area contributed by atoms with Crippen molar-refractivity contribution in [3.05, 3.63) is 36.3 Å². The Morgan fingerprint density at radius 1 is 1.18 bits per heavy atom. The van der Waals surface area contributed by atoms with Crippen molar-refractivity contribution >= 4 is 21.8 Å². The highest BCUT2D eigenvalue weighted by atomic mass is 32.2. The van der Waals surface area contributed by atoms with Gasteiger partial charge in [0, 0.05) is 43.8 Å². The molecule has 2 aromatic heterocycles. The Morgan fingerprint density at radius 3 is 2.39 bits per heavy atom. The number of rotatable bonds is 4. The minimum Gasteiger partial charge on any atom is -0.384 e. The number of nitrogens with zero attached hydrogens (tertiary/aromatic N) is 5. The van der Waals surface area contributed by atoms with Gasteiger partial charge < -0.3 is 20.8 Å². The number of nitrogen functional groups attached to an aromatic ring is 1. The zero-order valence-corrected chi connectivity index (χ0v) is 18.2. The Labute approximate surface area is 187 Å². The van der Waals surface area contributed by atoms with E-state index in [2.05, 4.69) is 26.8 Å². The molecule has 3 heterocycles. The third-order valence-corrected chi connectivity index (χ3v) is 6.95. The van der Waals surface area contributed by atoms with Crippen molar-refractivity contribution in [2.45, 2.75) is 29.6 Å². The number of nitrogens with two attached hydrogens (primary N) is 1. The molecule has 4 N–H and O–H groups in total. The molecular formula is C19H21F3N6O4S. The molecule has 1 saturated heterocycles. The van der Waals surface area contributed by atoms with E-state index in [0.717, 1.165) is 18.6 Å². The van der Waals surface area contributed by atoms with Crippen LogP contribution >= 0.6 is 0 Å². The standard InChI is InChI=1S/C19H21F3N6O4S/c1-18(30,19(20,21)22)13-9-25-17(26-10-13)28-7-6-27(12-14(28)3-2-8-29)33(31,32)15-4-5-16(23)24-11-15/h4-5,9-11,14,29-30H,6-8,12H2,1H3,(H2,23,24)/t14-,18+/m1/s1. The van der Waals surface area contributed by atoms with E-state index in [1.165, 1.54) is 21.3 Å². The second-order valence-corrected chi connectivity index (χ2v) is 9.25. The molecule has 14 heteroatoms. The van der Waals surface area contributed by atoms with E-state index in [0.29, 0.717) is 6.92 Å². The van der Waals surface area contributed by atoms with Crippen LogP contribution in [0.2, 0.25) is 0 Å². The van der Waals surface area contributed by atoms with E-state index in [-0.39, 0.29) is 36.3 Å². The SMILES string of the molecule is C[C@](O)(c1cnc(N2CCN(S(=O)(=O)c3ccc(N)nc3)C[C@H]2C#CCO)nc1)C(F)(F)F. The predicted molar refractivity (Wildman–Crippen MR) is 111 cm³/mol. The van der Waals surface area contributed by atoms with Crippen molar-refractivity contribution in [3.8, 4) is 11.8 Å². The van der Waals surface area contributed by atoms with Gasteiger partial charge in [-0.3, -0.25) is 0 Å². The average Bonchev–Trinajstić information content (AvgIpc) is 2.77. The fraction of sp³-hybridized carbons (Fsp3) is 0.421. The normalized spacial score (nSPS) is 19.5. The molecule has 1 aliphatic heterocycles. The molecule has 1 aliphatic rings. The van der Waals surface area contributed by atoms with Gasteiger partial charge in [-0.05, 0) is 19.1 Å². The third kappa shape index (κ3) is 5.01. The topological polar surface area (TPSA) is 146 Å². The summed E-state index contributed by atoms with van der Waals surface area (Å²) in [5, 5.41) is 18.9. The van der Waals surface area contributed by atoms with E-state index < -0.39 is 40.0 Å². The van der Waals surface area contributed by atoms with Crippen LogP contribution in [0.25, 0.3) is 0 Å². The van der Waals surface area contributed by atoms with Crippen LogP contribution in [0, 0.1) is 11.8 Å². The number of anilines is 2. The lowest BCUT2D eigenvalue weighted by Crippen LogP contribution is -2.55. The molecule has 1 fully saturated rings. The zero-order valence-electron chi connectivity index (χ0n) is 17.4. The van der Waals surface area contributed by atoms with Crippen molar-refractivity contribution in [2.75, 3.05) is 36.9 Å². The maximum Gasteiger partial charge on any atom is 0.421 e. The van der Waals surface area contributed by atoms with Crippen LogP contribution in [0.4, 0.5) is 24.9 Å². The molecular weight excluding hydrogens is 465 g/mol. The number of pyridine rings is 1. The molecule has 33 heavy (non-hydrogen) atoms. The number of sulfonamides is 1. The summed E-state index contributed by atoms with van der Waals surface area (Å²) in [6.45, 7) is 0.0751. The second kappa shape index (κ2) is 9.10. The number of hydrogen-bond acceptors (Lipinski definition) is 9. The summed E-state index contributed by atoms with van der Waals surface area (Å²) < 4.78 is 66.3. The van der Waals surface area contributed by atoms with Crippen molar-refractivity contribution < 1.29 is 31.8 Å². The maximum absolute atomic E-state index is 13.1. The van der Waals surface area contributed by atoms with Crippen LogP contribution in [-0.2, 0) is 15.6 Å². The minimum atomic E-state index is -4.93. The molecule has 2 atom stereocenters. The summed E-state index contributed by atoms with van der Waals surface area (Å²) in [4.78, 5) is 13.1. The van der Waals surface area contributed by atoms with E-state index >= 15 is 0 Å². The summed E-state index contributed by atoms with van der Waals surface area (Å²) in [5.41, 5.74) is 1.82. The number of hydrogen-bond donors (Lipinski definition) is 3. The number of piperazine rings is 1. The average molecular weight is 486 g/mol. The first-order valence-electron chi connectivity index (χ1n) is 9.57. The van der Waals surface area contributed by atoms with Crippen molar-refractivity contribution in [3.63, 3.8) is 0 Å². The molecule has 3 rings (SSSR count). The number of alkyl halides is 3. The molecule has 0 aromatic carbocycles. The summed E-state index contributed by atoms with van der Waals surface area (Å²) in [5.74, 6) is 5.35. The first-order valence-corrected chi connectivity index (χ1v) is 11.0. The first-order chi connectivity index (χ1) is 15.4. The number of halogens is 3. The van der Waals surface area contributed by atoms with Crippen LogP contribution in [0.15, 0.2) is 35.6 Å². The van der Waals surface area contributed by atoms with Gasteiger partial charge in [-0.25, -0.2) is 23.4 Å². The minimum absolute atomic E-state index is 0.000151. The van der Waals surface area contributed by atoms with Gasteiger partial charge in [0.15, 0.2) is 5.60 Å². The van der Waals surface area contributed by atoms with Gasteiger partial charge in [0.1, 0.15) is 23.4 Å². The van der Waals surface area contributed by atoms with Gasteiger partial charge in [-0.1, -0.05) is 11.8 Å². The van der Waals surface area contributed by atoms with Gasteiger partial charge in [-0.2, -0.15) is 17.5 Å². The Bertz CT molecular complexity index is 1150. The summed E-state index contributed by atoms with van der Waals surface area (Å²) in [6, 6.07) is 1.89. The lowest BCUT2D eigenvalue weighted by Gasteiger charge is -2.38. The summed E-state index contributed by atoms with van der Waals surface area (Å²) in [7, 11) is -3.93. The van der Waals surface area contributed by atoms with E-state index in [1.807, 2.05) is 0 Å². The number of aromatic nitrogens is 3. The van der Waals surface area contributed by atoms with Gasteiger partial charge in [0.05, 0.1) is 0 Å². The molecule has 2 aromatic rings. The van der Waals surface area contributed by atoms with E-state index in [9.17, 15) is 26.7 Å². The van der Waals surface area contributed by atoms with Crippen LogP contribution < -0.4 is 10.6 Å². The third-order valence-electron chi connectivity index (χ3n) is 5.10. The van der Waals surface area contributed by atoms with Crippen molar-refractivity contribution in [1.29, 1.82) is 0 Å². The smallest absolute Gasteiger partial charge is 0.384 e. The molecule has 0 unspecified atom stereocenters. The van der Waals surface area contributed by atoms with Gasteiger partial charge in [0.25, 0.3) is 0 Å². The van der Waals surface area contributed by atoms with E-state index in [4.69, 9.17) is 10.8 Å². The van der Waals surface area contributed by atoms with Gasteiger partial charge in [0.2, 0.25) is 16.0 Å². The van der Waals surface area contributed by atoms with Crippen LogP contribution in [-0.4, -0.2) is 76.3 Å². The molecule has 10 nitrogen and oxygen atoms in total. The second-order valence-electron chi connectivity index (χ2n) is 7.31. The lowest BCUT2D eigenvalue weighted by atomic mass is 9.99. The zero-order chi connectivity index (χ0) is 24.4. The Hall–Kier alpha value is -2.99. The lowest BCUT2D eigenvalue weighted by molar-refractivity contribution is -0.259. The van der Waals surface area contributed by atoms with Crippen molar-refractivity contribution in [2.24, 2.45) is 0 Å². The number of aliphatic hydroxyl groups is 2. The highest BCUT2D eigenvalue weighted by Gasteiger charge is 2.51. The first kappa shape index (κ1) is 24.6. The van der Waals surface area contributed by atoms with Crippen LogP contribution in [0.1, 0.15) is 12.5 Å². The maximum atomic E-state index is 13.1. The van der Waals surface area contributed by atoms with Crippen LogP contribution in [0.5, 0.6) is 0 Å². The predicted octanol–water partition coefficient (Wildman–Crippen LogP) is 0.0988. The Kier molecular flexibility index (Phi) is 6.80. The molecule has 0 spiro atoms. The molecule has 178 valence electrons. The molecule has 0 saturated carbocycles. The fourth-order valence-electron chi connectivity index (χ4n) is 3.08. The van der Waals surface area contributed by atoms with Gasteiger partial charge in [-0.15, -0.1) is 0 Å². The quantitative estimate of drug-likeness (QED) is 0.512. The van der Waals surface area contributed by atoms with Crippen LogP contribution in [0.3, 0.4) is 0 Å².